The summed E-state index contributed by atoms with van der Waals surface area (Å²) in [5.41, 5.74) is 0.817. The van der Waals surface area contributed by atoms with Crippen molar-refractivity contribution in [2.45, 2.75) is 24.7 Å². The van der Waals surface area contributed by atoms with E-state index in [-0.39, 0.29) is 23.0 Å². The average Bonchev–Trinajstić information content (AvgIpc) is 3.14. The Hall–Kier alpha value is -2.42. The van der Waals surface area contributed by atoms with Crippen molar-refractivity contribution in [1.82, 2.24) is 9.78 Å². The molecule has 1 aromatic heterocycles. The number of carbonyl (C=O) groups is 1. The SMILES string of the molecule is O=C(Nc1ccc(Cl)c(Cl)c1)c1cc2n(n1)[C@@H](C(F)(F)F)C[C@H](c1ccc(Cl)cc1)N2. The Morgan fingerprint density at radius 3 is 2.42 bits per heavy atom. The molecule has 0 bridgehead atoms. The Bertz CT molecular complexity index is 1130. The lowest BCUT2D eigenvalue weighted by Crippen LogP contribution is -2.35. The second-order valence-corrected chi connectivity index (χ2v) is 8.23. The molecule has 0 saturated heterocycles. The molecule has 0 spiro atoms. The lowest BCUT2D eigenvalue weighted by atomic mass is 9.97. The maximum atomic E-state index is 13.8. The summed E-state index contributed by atoms with van der Waals surface area (Å²) >= 11 is 17.7. The third-order valence-corrected chi connectivity index (χ3v) is 5.86. The van der Waals surface area contributed by atoms with Crippen molar-refractivity contribution in [3.63, 3.8) is 0 Å². The van der Waals surface area contributed by atoms with Gasteiger partial charge in [0, 0.05) is 23.2 Å². The second-order valence-electron chi connectivity index (χ2n) is 6.98. The third kappa shape index (κ3) is 4.61. The van der Waals surface area contributed by atoms with Crippen LogP contribution in [0.25, 0.3) is 0 Å². The number of aromatic nitrogens is 2. The zero-order chi connectivity index (χ0) is 22.3. The molecule has 11 heteroatoms. The summed E-state index contributed by atoms with van der Waals surface area (Å²) in [6, 6.07) is 9.78. The number of alkyl halides is 3. The predicted octanol–water partition coefficient (Wildman–Crippen LogP) is 6.76. The summed E-state index contributed by atoms with van der Waals surface area (Å²) in [6.07, 6.45) is -4.83. The Labute approximate surface area is 190 Å². The summed E-state index contributed by atoms with van der Waals surface area (Å²) in [6.45, 7) is 0. The molecule has 1 amide bonds. The number of nitrogens with one attached hydrogen (secondary N) is 2. The Kier molecular flexibility index (Phi) is 5.81. The van der Waals surface area contributed by atoms with Gasteiger partial charge >= 0.3 is 6.18 Å². The average molecular weight is 490 g/mol. The van der Waals surface area contributed by atoms with Crippen molar-refractivity contribution >= 4 is 52.2 Å². The highest BCUT2D eigenvalue weighted by molar-refractivity contribution is 6.42. The van der Waals surface area contributed by atoms with Crippen LogP contribution in [0.3, 0.4) is 0 Å². The van der Waals surface area contributed by atoms with Crippen molar-refractivity contribution in [3.05, 3.63) is 74.9 Å². The third-order valence-electron chi connectivity index (χ3n) is 4.87. The highest BCUT2D eigenvalue weighted by Gasteiger charge is 2.46. The second kappa shape index (κ2) is 8.26. The minimum absolute atomic E-state index is 0.0906. The molecule has 31 heavy (non-hydrogen) atoms. The molecule has 0 saturated carbocycles. The van der Waals surface area contributed by atoms with Gasteiger partial charge in [0.1, 0.15) is 5.82 Å². The van der Waals surface area contributed by atoms with Gasteiger partial charge in [-0.25, -0.2) is 4.68 Å². The van der Waals surface area contributed by atoms with E-state index in [1.54, 1.807) is 24.3 Å². The number of benzene rings is 2. The van der Waals surface area contributed by atoms with Crippen LogP contribution in [0.5, 0.6) is 0 Å². The fraction of sp³-hybridized carbons (Fsp3) is 0.200. The Morgan fingerprint density at radius 1 is 1.06 bits per heavy atom. The summed E-state index contributed by atoms with van der Waals surface area (Å²) in [7, 11) is 0. The zero-order valence-electron chi connectivity index (χ0n) is 15.6. The van der Waals surface area contributed by atoms with E-state index in [4.69, 9.17) is 34.8 Å². The topological polar surface area (TPSA) is 59.0 Å². The quantitative estimate of drug-likeness (QED) is 0.427. The van der Waals surface area contributed by atoms with Gasteiger partial charge < -0.3 is 10.6 Å². The van der Waals surface area contributed by atoms with Gasteiger partial charge in [0.2, 0.25) is 0 Å². The maximum Gasteiger partial charge on any atom is 0.410 e. The standard InChI is InChI=1S/C20H14Cl3F3N4O/c21-11-3-1-10(2-4-11)15-8-17(20(24,25)26)30-18(28-15)9-16(29-30)19(31)27-12-5-6-13(22)14(23)7-12/h1-7,9,15,17,28H,8H2,(H,27,31)/t15-,17-/m1/s1. The molecule has 2 atom stereocenters. The summed E-state index contributed by atoms with van der Waals surface area (Å²) < 4.78 is 42.1. The van der Waals surface area contributed by atoms with Crippen molar-refractivity contribution in [1.29, 1.82) is 0 Å². The highest BCUT2D eigenvalue weighted by Crippen LogP contribution is 2.43. The number of anilines is 2. The first-order valence-corrected chi connectivity index (χ1v) is 10.2. The van der Waals surface area contributed by atoms with Gasteiger partial charge in [0.15, 0.2) is 11.7 Å². The molecule has 3 aromatic rings. The first-order valence-electron chi connectivity index (χ1n) is 9.06. The van der Waals surface area contributed by atoms with Crippen LogP contribution >= 0.6 is 34.8 Å². The number of fused-ring (bicyclic) bond motifs is 1. The van der Waals surface area contributed by atoms with Crippen LogP contribution in [0, 0.1) is 0 Å². The van der Waals surface area contributed by atoms with Crippen molar-refractivity contribution in [2.75, 3.05) is 10.6 Å². The van der Waals surface area contributed by atoms with Crippen molar-refractivity contribution in [3.8, 4) is 0 Å². The minimum atomic E-state index is -4.55. The first kappa shape index (κ1) is 21.8. The van der Waals surface area contributed by atoms with Gasteiger partial charge in [-0.1, -0.05) is 46.9 Å². The first-order chi connectivity index (χ1) is 14.6. The van der Waals surface area contributed by atoms with Crippen LogP contribution in [0.15, 0.2) is 48.5 Å². The smallest absolute Gasteiger partial charge is 0.363 e. The number of halogens is 6. The molecular weight excluding hydrogens is 476 g/mol. The zero-order valence-corrected chi connectivity index (χ0v) is 17.8. The maximum absolute atomic E-state index is 13.8. The number of hydrogen-bond donors (Lipinski definition) is 2. The molecule has 5 nitrogen and oxygen atoms in total. The number of carbonyl (C=O) groups excluding carboxylic acids is 1. The van der Waals surface area contributed by atoms with Crippen LogP contribution in [-0.4, -0.2) is 21.9 Å². The van der Waals surface area contributed by atoms with E-state index in [1.807, 2.05) is 0 Å². The van der Waals surface area contributed by atoms with Crippen molar-refractivity contribution in [2.24, 2.45) is 0 Å². The fourth-order valence-corrected chi connectivity index (χ4v) is 3.79. The lowest BCUT2D eigenvalue weighted by Gasteiger charge is -2.33. The van der Waals surface area contributed by atoms with E-state index in [0.717, 1.165) is 4.68 Å². The molecule has 0 aliphatic carbocycles. The predicted molar refractivity (Wildman–Crippen MR) is 114 cm³/mol. The monoisotopic (exact) mass is 488 g/mol. The summed E-state index contributed by atoms with van der Waals surface area (Å²) in [5, 5.41) is 10.5. The normalized spacial score (nSPS) is 18.3. The molecule has 1 aliphatic rings. The molecule has 2 heterocycles. The largest absolute Gasteiger partial charge is 0.410 e. The van der Waals surface area contributed by atoms with Gasteiger partial charge in [-0.2, -0.15) is 18.3 Å². The summed E-state index contributed by atoms with van der Waals surface area (Å²) in [5.74, 6) is -0.584. The van der Waals surface area contributed by atoms with Crippen LogP contribution in [0.4, 0.5) is 24.7 Å². The van der Waals surface area contributed by atoms with E-state index in [9.17, 15) is 18.0 Å². The van der Waals surface area contributed by atoms with E-state index in [0.29, 0.717) is 21.3 Å². The highest BCUT2D eigenvalue weighted by atomic mass is 35.5. The van der Waals surface area contributed by atoms with Gasteiger partial charge in [-0.3, -0.25) is 4.79 Å². The van der Waals surface area contributed by atoms with E-state index in [1.165, 1.54) is 24.3 Å². The molecule has 0 radical (unpaired) electrons. The number of rotatable bonds is 3. The number of hydrogen-bond acceptors (Lipinski definition) is 3. The molecule has 0 unspecified atom stereocenters. The Balaban J connectivity index is 1.63. The van der Waals surface area contributed by atoms with E-state index < -0.39 is 24.2 Å². The molecule has 162 valence electrons. The van der Waals surface area contributed by atoms with Crippen LogP contribution in [0.2, 0.25) is 15.1 Å². The number of nitrogens with zero attached hydrogens (tertiary/aromatic N) is 2. The van der Waals surface area contributed by atoms with Crippen LogP contribution in [-0.2, 0) is 0 Å². The lowest BCUT2D eigenvalue weighted by molar-refractivity contribution is -0.173. The van der Waals surface area contributed by atoms with E-state index in [2.05, 4.69) is 15.7 Å². The van der Waals surface area contributed by atoms with Gasteiger partial charge in [-0.15, -0.1) is 0 Å². The van der Waals surface area contributed by atoms with Crippen LogP contribution in [0.1, 0.15) is 34.6 Å². The molecule has 0 fully saturated rings. The van der Waals surface area contributed by atoms with Gasteiger partial charge in [-0.05, 0) is 35.9 Å². The Morgan fingerprint density at radius 2 is 1.77 bits per heavy atom. The number of amides is 1. The molecule has 1 aliphatic heterocycles. The van der Waals surface area contributed by atoms with Crippen LogP contribution < -0.4 is 10.6 Å². The molecular formula is C20H14Cl3F3N4O. The molecule has 2 N–H and O–H groups in total. The van der Waals surface area contributed by atoms with Gasteiger partial charge in [0.05, 0.1) is 16.1 Å². The molecule has 4 rings (SSSR count). The van der Waals surface area contributed by atoms with Gasteiger partial charge in [0.25, 0.3) is 5.91 Å². The summed E-state index contributed by atoms with van der Waals surface area (Å²) in [4.78, 5) is 12.6. The molecule has 2 aromatic carbocycles. The fourth-order valence-electron chi connectivity index (χ4n) is 3.37. The van der Waals surface area contributed by atoms with E-state index >= 15 is 0 Å². The minimum Gasteiger partial charge on any atom is -0.363 e. The van der Waals surface area contributed by atoms with Crippen molar-refractivity contribution < 1.29 is 18.0 Å².